The number of nitrogens with one attached hydrogen (secondary N) is 1. The quantitative estimate of drug-likeness (QED) is 0.100. The third kappa shape index (κ3) is 11.6. The van der Waals surface area contributed by atoms with Crippen LogP contribution < -0.4 is 5.32 Å². The Morgan fingerprint density at radius 1 is 1.06 bits per heavy atom. The number of hydrogen-bond acceptors (Lipinski definition) is 7. The van der Waals surface area contributed by atoms with Gasteiger partial charge in [-0.3, -0.25) is 19.7 Å². The number of carbonyl (C=O) groups excluding carboxylic acids is 3. The van der Waals surface area contributed by atoms with E-state index in [1.807, 2.05) is 0 Å². The van der Waals surface area contributed by atoms with Crippen molar-refractivity contribution in [1.29, 1.82) is 0 Å². The van der Waals surface area contributed by atoms with Crippen LogP contribution in [0, 0.1) is 17.8 Å². The molecule has 0 aromatic rings. The van der Waals surface area contributed by atoms with Gasteiger partial charge in [-0.25, -0.2) is 4.79 Å². The second-order valence-corrected chi connectivity index (χ2v) is 9.33. The van der Waals surface area contributed by atoms with E-state index in [0.29, 0.717) is 50.5 Å². The number of amides is 2. The molecule has 5 atom stereocenters. The molecule has 0 radical (unpaired) electrons. The van der Waals surface area contributed by atoms with Crippen LogP contribution in [0.25, 0.3) is 0 Å². The van der Waals surface area contributed by atoms with Crippen LogP contribution >= 0.6 is 0 Å². The van der Waals surface area contributed by atoms with Crippen molar-refractivity contribution >= 4 is 23.6 Å². The molecule has 1 saturated heterocycles. The molecule has 1 aliphatic heterocycles. The maximum atomic E-state index is 12.5. The number of rotatable bonds is 15. The number of carboxylic acid groups (broad SMARTS) is 1. The molecule has 0 aromatic heterocycles. The lowest BCUT2D eigenvalue weighted by Gasteiger charge is -2.27. The molecule has 196 valence electrons. The van der Waals surface area contributed by atoms with E-state index in [1.165, 1.54) is 12.2 Å². The summed E-state index contributed by atoms with van der Waals surface area (Å²) in [6, 6.07) is 0. The molecule has 0 aliphatic carbocycles. The molecular weight excluding hydrogens is 454 g/mol. The molecule has 1 fully saturated rings. The average molecular weight is 494 g/mol. The zero-order chi connectivity index (χ0) is 26.5. The van der Waals surface area contributed by atoms with E-state index in [0.717, 1.165) is 6.08 Å². The molecule has 9 nitrogen and oxygen atoms in total. The SMILES string of the molecule is C/C(=C\[C@H](C)C(=O)CCCC1CC(=O)NC(=O)C1)[C@H](O)[C@@H](C)[C@H](O)[C@@H](O)/C=C/CC/C=C/C(=O)O. The van der Waals surface area contributed by atoms with Gasteiger partial charge in [0, 0.05) is 37.2 Å². The van der Waals surface area contributed by atoms with Crippen LogP contribution in [0.2, 0.25) is 0 Å². The van der Waals surface area contributed by atoms with Gasteiger partial charge in [0.25, 0.3) is 0 Å². The minimum atomic E-state index is -1.24. The number of imide groups is 1. The summed E-state index contributed by atoms with van der Waals surface area (Å²) in [6.45, 7) is 5.00. The molecule has 5 N–H and O–H groups in total. The molecule has 35 heavy (non-hydrogen) atoms. The van der Waals surface area contributed by atoms with Crippen LogP contribution in [-0.4, -0.2) is 62.3 Å². The van der Waals surface area contributed by atoms with Crippen molar-refractivity contribution in [3.05, 3.63) is 36.0 Å². The molecule has 0 bridgehead atoms. The Balaban J connectivity index is 2.50. The van der Waals surface area contributed by atoms with E-state index in [4.69, 9.17) is 5.11 Å². The Kier molecular flexibility index (Phi) is 13.4. The highest BCUT2D eigenvalue weighted by atomic mass is 16.4. The number of Topliss-reactive ketones (excluding diaryl/α,β-unsaturated/α-hetero) is 1. The van der Waals surface area contributed by atoms with Crippen molar-refractivity contribution in [2.45, 2.75) is 84.0 Å². The summed E-state index contributed by atoms with van der Waals surface area (Å²) in [5.74, 6) is -2.78. The molecule has 1 aliphatic rings. The standard InChI is InChI=1S/C26H39NO8/c1-16(20(28)11-8-9-19-14-22(30)27-23(31)15-19)13-17(2)25(34)18(3)26(35)21(29)10-6-4-5-7-12-24(32)33/h6-7,10,12-13,16,18-19,21,25-26,29,34-35H,4-5,8-9,11,14-15H2,1-3H3,(H,32,33)(H,27,30,31)/b10-6+,12-7+,17-13+/t16-,18+,21-,25-,26-/m0/s1. The van der Waals surface area contributed by atoms with Crippen molar-refractivity contribution < 1.29 is 39.6 Å². The minimum absolute atomic E-state index is 0.0174. The van der Waals surface area contributed by atoms with Gasteiger partial charge >= 0.3 is 5.97 Å². The fraction of sp³-hybridized carbons (Fsp3) is 0.615. The molecule has 0 unspecified atom stereocenters. The van der Waals surface area contributed by atoms with Crippen molar-refractivity contribution in [2.24, 2.45) is 17.8 Å². The first-order valence-electron chi connectivity index (χ1n) is 12.1. The number of ketones is 1. The van der Waals surface area contributed by atoms with Crippen molar-refractivity contribution in [3.63, 3.8) is 0 Å². The summed E-state index contributed by atoms with van der Waals surface area (Å²) in [5, 5.41) is 42.0. The topological polar surface area (TPSA) is 161 Å². The number of aliphatic hydroxyl groups is 3. The fourth-order valence-electron chi connectivity index (χ4n) is 4.08. The summed E-state index contributed by atoms with van der Waals surface area (Å²) < 4.78 is 0. The van der Waals surface area contributed by atoms with Gasteiger partial charge < -0.3 is 20.4 Å². The monoisotopic (exact) mass is 493 g/mol. The molecule has 0 saturated carbocycles. The number of carboxylic acids is 1. The summed E-state index contributed by atoms with van der Waals surface area (Å²) in [6.07, 6.45) is 6.80. The smallest absolute Gasteiger partial charge is 0.327 e. The number of aliphatic carboxylic acids is 1. The summed E-state index contributed by atoms with van der Waals surface area (Å²) >= 11 is 0. The lowest BCUT2D eigenvalue weighted by Crippen LogP contribution is -2.38. The number of aliphatic hydroxyl groups excluding tert-OH is 3. The maximum absolute atomic E-state index is 12.5. The van der Waals surface area contributed by atoms with Gasteiger partial charge in [0.05, 0.1) is 18.3 Å². The Morgan fingerprint density at radius 3 is 2.26 bits per heavy atom. The largest absolute Gasteiger partial charge is 0.478 e. The van der Waals surface area contributed by atoms with E-state index in [1.54, 1.807) is 32.9 Å². The van der Waals surface area contributed by atoms with Gasteiger partial charge in [-0.2, -0.15) is 0 Å². The second kappa shape index (κ2) is 15.4. The average Bonchev–Trinajstić information content (AvgIpc) is 2.78. The van der Waals surface area contributed by atoms with Gasteiger partial charge in [-0.15, -0.1) is 0 Å². The number of carbonyl (C=O) groups is 4. The van der Waals surface area contributed by atoms with Gasteiger partial charge in [0.1, 0.15) is 5.78 Å². The van der Waals surface area contributed by atoms with Crippen LogP contribution in [0.5, 0.6) is 0 Å². The van der Waals surface area contributed by atoms with E-state index >= 15 is 0 Å². The minimum Gasteiger partial charge on any atom is -0.478 e. The Bertz CT molecular complexity index is 815. The molecule has 1 heterocycles. The fourth-order valence-corrected chi connectivity index (χ4v) is 4.08. The third-order valence-corrected chi connectivity index (χ3v) is 6.23. The van der Waals surface area contributed by atoms with Crippen LogP contribution in [0.4, 0.5) is 0 Å². The van der Waals surface area contributed by atoms with Gasteiger partial charge in [0.15, 0.2) is 0 Å². The van der Waals surface area contributed by atoms with Gasteiger partial charge in [-0.05, 0) is 44.1 Å². The zero-order valence-corrected chi connectivity index (χ0v) is 20.7. The molecule has 0 aromatic carbocycles. The lowest BCUT2D eigenvalue weighted by molar-refractivity contribution is -0.135. The van der Waals surface area contributed by atoms with Crippen molar-refractivity contribution in [3.8, 4) is 0 Å². The van der Waals surface area contributed by atoms with E-state index in [2.05, 4.69) is 5.32 Å². The molecule has 1 rings (SSSR count). The zero-order valence-electron chi connectivity index (χ0n) is 20.7. The number of hydrogen-bond donors (Lipinski definition) is 5. The first kappa shape index (κ1) is 30.4. The van der Waals surface area contributed by atoms with Crippen molar-refractivity contribution in [1.82, 2.24) is 5.32 Å². The Labute approximate surface area is 206 Å². The molecule has 2 amide bonds. The molecule has 0 spiro atoms. The van der Waals surface area contributed by atoms with Crippen molar-refractivity contribution in [2.75, 3.05) is 0 Å². The van der Waals surface area contributed by atoms with Crippen LogP contribution in [0.15, 0.2) is 36.0 Å². The predicted octanol–water partition coefficient (Wildman–Crippen LogP) is 2.06. The Morgan fingerprint density at radius 2 is 1.66 bits per heavy atom. The first-order chi connectivity index (χ1) is 16.4. The van der Waals surface area contributed by atoms with E-state index in [-0.39, 0.29) is 23.5 Å². The van der Waals surface area contributed by atoms with E-state index in [9.17, 15) is 34.5 Å². The third-order valence-electron chi connectivity index (χ3n) is 6.23. The highest BCUT2D eigenvalue weighted by Crippen LogP contribution is 2.23. The normalized spacial score (nSPS) is 20.0. The summed E-state index contributed by atoms with van der Waals surface area (Å²) in [7, 11) is 0. The molecular formula is C26H39NO8. The number of allylic oxidation sites excluding steroid dienone is 3. The van der Waals surface area contributed by atoms with Crippen LogP contribution in [0.1, 0.15) is 65.7 Å². The highest BCUT2D eigenvalue weighted by Gasteiger charge is 2.29. The summed E-state index contributed by atoms with van der Waals surface area (Å²) in [4.78, 5) is 45.8. The van der Waals surface area contributed by atoms with Crippen LogP contribution in [0.3, 0.4) is 0 Å². The number of unbranched alkanes of at least 4 members (excludes halogenated alkanes) is 1. The maximum Gasteiger partial charge on any atom is 0.327 e. The van der Waals surface area contributed by atoms with Gasteiger partial charge in [0.2, 0.25) is 11.8 Å². The second-order valence-electron chi connectivity index (χ2n) is 9.33. The van der Waals surface area contributed by atoms with Gasteiger partial charge in [-0.1, -0.05) is 38.2 Å². The number of piperidine rings is 1. The molecule has 9 heteroatoms. The Hall–Kier alpha value is -2.62. The first-order valence-corrected chi connectivity index (χ1v) is 12.1. The van der Waals surface area contributed by atoms with E-state index < -0.39 is 36.1 Å². The predicted molar refractivity (Wildman–Crippen MR) is 130 cm³/mol. The van der Waals surface area contributed by atoms with Crippen LogP contribution in [-0.2, 0) is 19.2 Å². The lowest BCUT2D eigenvalue weighted by atomic mass is 9.87. The highest BCUT2D eigenvalue weighted by molar-refractivity contribution is 5.97. The summed E-state index contributed by atoms with van der Waals surface area (Å²) in [5.41, 5.74) is 0.516.